The Kier molecular flexibility index (Phi) is 5.27. The molecule has 0 saturated carbocycles. The van der Waals surface area contributed by atoms with E-state index in [1.165, 1.54) is 0 Å². The van der Waals surface area contributed by atoms with Crippen molar-refractivity contribution in [2.45, 2.75) is 26.8 Å². The van der Waals surface area contributed by atoms with E-state index in [-0.39, 0.29) is 6.04 Å². The second-order valence-electron chi connectivity index (χ2n) is 8.70. The summed E-state index contributed by atoms with van der Waals surface area (Å²) in [6.45, 7) is 8.28. The second-order valence-corrected chi connectivity index (χ2v) is 9.14. The van der Waals surface area contributed by atoms with Gasteiger partial charge in [-0.25, -0.2) is 14.2 Å². The van der Waals surface area contributed by atoms with Gasteiger partial charge in [0.1, 0.15) is 5.82 Å². The number of hydrogen-bond donors (Lipinski definition) is 1. The third-order valence-electron chi connectivity index (χ3n) is 6.39. The molecule has 11 heteroatoms. The standard InChI is InChI=1S/C24H24ClN9O/c1-14-13-35-7-6-32(14)22-9-21(34-24(29-22)19(12-28-34)20-4-5-27-30-20)23-15(2)31-33(16(23)3)18-8-17(25)10-26-11-18/h4-5,8-12,14H,6-7,13H2,1-3H3,(H,27,30)/t14-/m1/s1. The number of ether oxygens (including phenoxy) is 1. The zero-order valence-electron chi connectivity index (χ0n) is 19.6. The molecule has 35 heavy (non-hydrogen) atoms. The summed E-state index contributed by atoms with van der Waals surface area (Å²) in [5, 5.41) is 17.3. The van der Waals surface area contributed by atoms with Crippen molar-refractivity contribution in [2.24, 2.45) is 0 Å². The number of pyridine rings is 1. The molecule has 6 rings (SSSR count). The highest BCUT2D eigenvalue weighted by molar-refractivity contribution is 6.30. The predicted molar refractivity (Wildman–Crippen MR) is 133 cm³/mol. The molecule has 1 aliphatic heterocycles. The lowest BCUT2D eigenvalue weighted by Crippen LogP contribution is -2.44. The van der Waals surface area contributed by atoms with Gasteiger partial charge in [-0.05, 0) is 32.9 Å². The highest BCUT2D eigenvalue weighted by atomic mass is 35.5. The Morgan fingerprint density at radius 1 is 1.17 bits per heavy atom. The van der Waals surface area contributed by atoms with Gasteiger partial charge in [-0.3, -0.25) is 10.1 Å². The Labute approximate surface area is 206 Å². The summed E-state index contributed by atoms with van der Waals surface area (Å²) >= 11 is 6.21. The topological polar surface area (TPSA) is 102 Å². The molecule has 1 saturated heterocycles. The van der Waals surface area contributed by atoms with Gasteiger partial charge in [0.05, 0.1) is 70.7 Å². The second kappa shape index (κ2) is 8.47. The number of fused-ring (bicyclic) bond motifs is 1. The first-order valence-corrected chi connectivity index (χ1v) is 11.8. The predicted octanol–water partition coefficient (Wildman–Crippen LogP) is 3.86. The van der Waals surface area contributed by atoms with Crippen LogP contribution >= 0.6 is 11.6 Å². The van der Waals surface area contributed by atoms with Gasteiger partial charge >= 0.3 is 0 Å². The number of morpholine rings is 1. The zero-order valence-corrected chi connectivity index (χ0v) is 20.4. The van der Waals surface area contributed by atoms with Crippen LogP contribution in [0.4, 0.5) is 5.82 Å². The minimum absolute atomic E-state index is 0.201. The van der Waals surface area contributed by atoms with Crippen molar-refractivity contribution in [1.29, 1.82) is 0 Å². The number of aryl methyl sites for hydroxylation is 1. The molecule has 0 radical (unpaired) electrons. The van der Waals surface area contributed by atoms with Gasteiger partial charge in [-0.2, -0.15) is 15.3 Å². The van der Waals surface area contributed by atoms with Gasteiger partial charge in [0.25, 0.3) is 0 Å². The van der Waals surface area contributed by atoms with Crippen LogP contribution in [0.1, 0.15) is 18.3 Å². The number of nitrogens with one attached hydrogen (secondary N) is 1. The maximum Gasteiger partial charge on any atom is 0.167 e. The van der Waals surface area contributed by atoms with Crippen molar-refractivity contribution in [3.05, 3.63) is 59.4 Å². The number of nitrogens with zero attached hydrogens (tertiary/aromatic N) is 8. The molecule has 178 valence electrons. The van der Waals surface area contributed by atoms with E-state index in [0.29, 0.717) is 18.2 Å². The molecule has 0 bridgehead atoms. The monoisotopic (exact) mass is 489 g/mol. The number of aromatic amines is 1. The third-order valence-corrected chi connectivity index (χ3v) is 6.60. The first-order valence-electron chi connectivity index (χ1n) is 11.4. The van der Waals surface area contributed by atoms with Gasteiger partial charge in [0, 0.05) is 30.6 Å². The summed E-state index contributed by atoms with van der Waals surface area (Å²) in [6.07, 6.45) is 6.91. The lowest BCUT2D eigenvalue weighted by molar-refractivity contribution is 0.0985. The molecule has 1 atom stereocenters. The molecule has 0 unspecified atom stereocenters. The van der Waals surface area contributed by atoms with Crippen molar-refractivity contribution in [3.63, 3.8) is 0 Å². The molecule has 1 N–H and O–H groups in total. The maximum absolute atomic E-state index is 6.21. The third kappa shape index (κ3) is 3.65. The van der Waals surface area contributed by atoms with Crippen molar-refractivity contribution >= 4 is 23.1 Å². The van der Waals surface area contributed by atoms with Gasteiger partial charge in [-0.1, -0.05) is 11.6 Å². The normalized spacial score (nSPS) is 16.3. The average Bonchev–Trinajstić information content (AvgIpc) is 3.58. The van der Waals surface area contributed by atoms with Crippen LogP contribution in [-0.4, -0.2) is 65.4 Å². The zero-order chi connectivity index (χ0) is 24.1. The first kappa shape index (κ1) is 21.8. The van der Waals surface area contributed by atoms with Crippen LogP contribution in [0.5, 0.6) is 0 Å². The average molecular weight is 490 g/mol. The van der Waals surface area contributed by atoms with E-state index in [1.807, 2.05) is 41.4 Å². The first-order chi connectivity index (χ1) is 17.0. The van der Waals surface area contributed by atoms with Gasteiger partial charge in [-0.15, -0.1) is 0 Å². The molecule has 6 heterocycles. The number of H-pyrrole nitrogens is 1. The Morgan fingerprint density at radius 2 is 2.06 bits per heavy atom. The highest BCUT2D eigenvalue weighted by Gasteiger charge is 2.26. The van der Waals surface area contributed by atoms with E-state index >= 15 is 0 Å². The molecule has 5 aromatic heterocycles. The summed E-state index contributed by atoms with van der Waals surface area (Å²) in [5.74, 6) is 0.875. The Hall–Kier alpha value is -3.76. The lowest BCUT2D eigenvalue weighted by Gasteiger charge is -2.34. The molecule has 0 aromatic carbocycles. The van der Waals surface area contributed by atoms with E-state index in [9.17, 15) is 0 Å². The van der Waals surface area contributed by atoms with Crippen LogP contribution < -0.4 is 4.90 Å². The molecular weight excluding hydrogens is 466 g/mol. The minimum Gasteiger partial charge on any atom is -0.377 e. The van der Waals surface area contributed by atoms with Gasteiger partial charge in [0.2, 0.25) is 0 Å². The van der Waals surface area contributed by atoms with Crippen molar-refractivity contribution < 1.29 is 4.74 Å². The molecular formula is C24H24ClN9O. The van der Waals surface area contributed by atoms with Crippen LogP contribution in [0.15, 0.2) is 43.0 Å². The largest absolute Gasteiger partial charge is 0.377 e. The fourth-order valence-electron chi connectivity index (χ4n) is 4.72. The number of aromatic nitrogens is 8. The summed E-state index contributed by atoms with van der Waals surface area (Å²) in [6, 6.07) is 6.07. The fraction of sp³-hybridized carbons (Fsp3) is 0.292. The molecule has 5 aromatic rings. The SMILES string of the molecule is Cc1nn(-c2cncc(Cl)c2)c(C)c1-c1cc(N2CCOC[C@H]2C)nc2c(-c3ccn[nH]3)cnn12. The van der Waals surface area contributed by atoms with Crippen LogP contribution in [0.2, 0.25) is 5.02 Å². The quantitative estimate of drug-likeness (QED) is 0.409. The van der Waals surface area contributed by atoms with E-state index in [0.717, 1.165) is 57.6 Å². The number of anilines is 1. The molecule has 0 aliphatic carbocycles. The summed E-state index contributed by atoms with van der Waals surface area (Å²) in [7, 11) is 0. The summed E-state index contributed by atoms with van der Waals surface area (Å²) in [4.78, 5) is 11.6. The fourth-order valence-corrected chi connectivity index (χ4v) is 4.89. The lowest BCUT2D eigenvalue weighted by atomic mass is 10.1. The minimum atomic E-state index is 0.201. The molecule has 1 fully saturated rings. The van der Waals surface area contributed by atoms with Crippen LogP contribution in [0.25, 0.3) is 33.8 Å². The molecule has 1 aliphatic rings. The Morgan fingerprint density at radius 3 is 2.83 bits per heavy atom. The van der Waals surface area contributed by atoms with Gasteiger partial charge in [0.15, 0.2) is 5.65 Å². The van der Waals surface area contributed by atoms with E-state index in [2.05, 4.69) is 33.1 Å². The van der Waals surface area contributed by atoms with E-state index in [1.54, 1.807) is 18.6 Å². The highest BCUT2D eigenvalue weighted by Crippen LogP contribution is 2.34. The van der Waals surface area contributed by atoms with Gasteiger partial charge < -0.3 is 9.64 Å². The molecule has 10 nitrogen and oxygen atoms in total. The van der Waals surface area contributed by atoms with Crippen LogP contribution in [-0.2, 0) is 4.74 Å². The van der Waals surface area contributed by atoms with Crippen molar-refractivity contribution in [1.82, 2.24) is 39.6 Å². The van der Waals surface area contributed by atoms with Crippen LogP contribution in [0, 0.1) is 13.8 Å². The summed E-state index contributed by atoms with van der Waals surface area (Å²) in [5.41, 5.74) is 7.01. The van der Waals surface area contributed by atoms with Crippen LogP contribution in [0.3, 0.4) is 0 Å². The number of halogens is 1. The number of rotatable bonds is 4. The van der Waals surface area contributed by atoms with Crippen molar-refractivity contribution in [2.75, 3.05) is 24.7 Å². The Balaban J connectivity index is 1.59. The number of hydrogen-bond acceptors (Lipinski definition) is 7. The van der Waals surface area contributed by atoms with E-state index < -0.39 is 0 Å². The maximum atomic E-state index is 6.21. The summed E-state index contributed by atoms with van der Waals surface area (Å²) < 4.78 is 9.42. The molecule has 0 amide bonds. The van der Waals surface area contributed by atoms with E-state index in [4.69, 9.17) is 31.5 Å². The molecule has 0 spiro atoms. The Bertz CT molecular complexity index is 1520. The van der Waals surface area contributed by atoms with Crippen molar-refractivity contribution in [3.8, 4) is 28.2 Å². The smallest absolute Gasteiger partial charge is 0.167 e.